The van der Waals surface area contributed by atoms with Crippen LogP contribution < -0.4 is 10.1 Å². The summed E-state index contributed by atoms with van der Waals surface area (Å²) in [5.74, 6) is 2.31. The molecule has 1 heterocycles. The van der Waals surface area contributed by atoms with Crippen LogP contribution in [0.4, 0.5) is 5.69 Å². The highest BCUT2D eigenvalue weighted by Gasteiger charge is 2.30. The maximum Gasteiger partial charge on any atom is 0.237 e. The number of hydrogen-bond acceptors (Lipinski definition) is 5. The number of carbonyl (C=O) groups excluding carboxylic acids is 1. The average Bonchev–Trinajstić information content (AvgIpc) is 3.35. The summed E-state index contributed by atoms with van der Waals surface area (Å²) in [6.45, 7) is 4.44. The lowest BCUT2D eigenvalue weighted by molar-refractivity contribution is -0.115. The van der Waals surface area contributed by atoms with E-state index in [0.717, 1.165) is 22.4 Å². The van der Waals surface area contributed by atoms with E-state index in [1.165, 1.54) is 24.6 Å². The minimum absolute atomic E-state index is 0.0554. The fourth-order valence-corrected chi connectivity index (χ4v) is 3.20. The van der Waals surface area contributed by atoms with Gasteiger partial charge in [-0.2, -0.15) is 0 Å². The molecule has 1 amide bonds. The quantitative estimate of drug-likeness (QED) is 0.780. The molecule has 1 saturated carbocycles. The van der Waals surface area contributed by atoms with E-state index in [4.69, 9.17) is 4.74 Å². The van der Waals surface area contributed by atoms with Crippen molar-refractivity contribution < 1.29 is 9.53 Å². The largest absolute Gasteiger partial charge is 0.494 e. The van der Waals surface area contributed by atoms with E-state index < -0.39 is 0 Å². The third-order valence-electron chi connectivity index (χ3n) is 3.90. The van der Waals surface area contributed by atoms with Crippen molar-refractivity contribution >= 4 is 23.4 Å². The van der Waals surface area contributed by atoms with Gasteiger partial charge in [-0.3, -0.25) is 4.79 Å². The number of ether oxygens (including phenoxy) is 1. The molecular formula is C17H22N4O2S. The second-order valence-electron chi connectivity index (χ2n) is 5.88. The number of amides is 1. The number of nitrogens with one attached hydrogen (secondary N) is 1. The minimum Gasteiger partial charge on any atom is -0.494 e. The molecule has 0 aliphatic heterocycles. The van der Waals surface area contributed by atoms with Crippen LogP contribution in [0.15, 0.2) is 29.4 Å². The molecule has 0 spiro atoms. The lowest BCUT2D eigenvalue weighted by atomic mass is 10.3. The summed E-state index contributed by atoms with van der Waals surface area (Å²) in [5, 5.41) is 11.9. The molecule has 7 heteroatoms. The van der Waals surface area contributed by atoms with E-state index in [2.05, 4.69) is 15.5 Å². The molecule has 1 aliphatic carbocycles. The fourth-order valence-electron chi connectivity index (χ4n) is 2.38. The lowest BCUT2D eigenvalue weighted by Gasteiger charge is -2.12. The Bertz CT molecular complexity index is 710. The Hall–Kier alpha value is -2.02. The van der Waals surface area contributed by atoms with Crippen molar-refractivity contribution in [3.05, 3.63) is 30.1 Å². The van der Waals surface area contributed by atoms with Crippen LogP contribution in [0, 0.1) is 0 Å². The monoisotopic (exact) mass is 346 g/mol. The van der Waals surface area contributed by atoms with Crippen LogP contribution in [0.25, 0.3) is 0 Å². The van der Waals surface area contributed by atoms with Crippen LogP contribution in [-0.2, 0) is 11.8 Å². The number of thioether (sulfide) groups is 1. The predicted octanol–water partition coefficient (Wildman–Crippen LogP) is 3.21. The zero-order valence-corrected chi connectivity index (χ0v) is 15.0. The molecule has 6 nitrogen and oxygen atoms in total. The van der Waals surface area contributed by atoms with Gasteiger partial charge in [0.2, 0.25) is 5.91 Å². The molecule has 1 fully saturated rings. The number of hydrogen-bond donors (Lipinski definition) is 1. The van der Waals surface area contributed by atoms with Gasteiger partial charge in [0.15, 0.2) is 5.16 Å². The Morgan fingerprint density at radius 2 is 2.08 bits per heavy atom. The summed E-state index contributed by atoms with van der Waals surface area (Å²) in [6, 6.07) is 7.38. The first-order chi connectivity index (χ1) is 11.6. The van der Waals surface area contributed by atoms with Crippen molar-refractivity contribution in [2.24, 2.45) is 7.05 Å². The zero-order chi connectivity index (χ0) is 17.1. The maximum atomic E-state index is 12.4. The third kappa shape index (κ3) is 3.90. The Morgan fingerprint density at radius 3 is 2.71 bits per heavy atom. The van der Waals surface area contributed by atoms with E-state index in [9.17, 15) is 4.79 Å². The first-order valence-electron chi connectivity index (χ1n) is 8.18. The van der Waals surface area contributed by atoms with E-state index in [0.29, 0.717) is 12.5 Å². The van der Waals surface area contributed by atoms with Crippen LogP contribution in [0.1, 0.15) is 38.4 Å². The SMILES string of the molecule is CCOc1ccc(NC(=O)[C@H](C)Sc2nnc(C3CC3)n2C)cc1. The van der Waals surface area contributed by atoms with E-state index in [-0.39, 0.29) is 11.2 Å². The highest BCUT2D eigenvalue weighted by Crippen LogP contribution is 2.39. The van der Waals surface area contributed by atoms with Crippen molar-refractivity contribution in [3.63, 3.8) is 0 Å². The summed E-state index contributed by atoms with van der Waals surface area (Å²) in [6.07, 6.45) is 2.37. The second kappa shape index (κ2) is 7.25. The minimum atomic E-state index is -0.258. The van der Waals surface area contributed by atoms with Gasteiger partial charge in [0.1, 0.15) is 11.6 Å². The van der Waals surface area contributed by atoms with Gasteiger partial charge in [-0.05, 0) is 51.0 Å². The van der Waals surface area contributed by atoms with E-state index in [1.54, 1.807) is 0 Å². The first-order valence-corrected chi connectivity index (χ1v) is 9.06. The van der Waals surface area contributed by atoms with Crippen LogP contribution >= 0.6 is 11.8 Å². The van der Waals surface area contributed by atoms with Crippen LogP contribution in [0.3, 0.4) is 0 Å². The highest BCUT2D eigenvalue weighted by molar-refractivity contribution is 8.00. The summed E-state index contributed by atoms with van der Waals surface area (Å²) in [7, 11) is 1.97. The second-order valence-corrected chi connectivity index (χ2v) is 7.19. The molecule has 1 aromatic carbocycles. The van der Waals surface area contributed by atoms with Crippen LogP contribution in [-0.4, -0.2) is 32.5 Å². The molecule has 0 saturated heterocycles. The van der Waals surface area contributed by atoms with Crippen molar-refractivity contribution in [1.29, 1.82) is 0 Å². The number of anilines is 1. The lowest BCUT2D eigenvalue weighted by Crippen LogP contribution is -2.22. The van der Waals surface area contributed by atoms with E-state index >= 15 is 0 Å². The number of carbonyl (C=O) groups is 1. The Kier molecular flexibility index (Phi) is 5.08. The summed E-state index contributed by atoms with van der Waals surface area (Å²) < 4.78 is 7.40. The average molecular weight is 346 g/mol. The summed E-state index contributed by atoms with van der Waals surface area (Å²) in [4.78, 5) is 12.4. The number of benzene rings is 1. The standard InChI is InChI=1S/C17H22N4O2S/c1-4-23-14-9-7-13(8-10-14)18-16(22)11(2)24-17-20-19-15(21(17)3)12-5-6-12/h7-12H,4-6H2,1-3H3,(H,18,22)/t11-/m0/s1. The molecule has 1 atom stereocenters. The molecule has 3 rings (SSSR count). The molecule has 0 unspecified atom stereocenters. The highest BCUT2D eigenvalue weighted by atomic mass is 32.2. The molecule has 128 valence electrons. The Balaban J connectivity index is 1.58. The first kappa shape index (κ1) is 16.8. The van der Waals surface area contributed by atoms with Gasteiger partial charge in [-0.25, -0.2) is 0 Å². The van der Waals surface area contributed by atoms with Gasteiger partial charge in [0.05, 0.1) is 11.9 Å². The van der Waals surface area contributed by atoms with Crippen molar-refractivity contribution in [3.8, 4) is 5.75 Å². The third-order valence-corrected chi connectivity index (χ3v) is 5.03. The number of rotatable bonds is 7. The molecule has 2 aromatic rings. The Morgan fingerprint density at radius 1 is 1.38 bits per heavy atom. The summed E-state index contributed by atoms with van der Waals surface area (Å²) >= 11 is 1.43. The predicted molar refractivity (Wildman–Crippen MR) is 94.5 cm³/mol. The molecule has 0 bridgehead atoms. The Labute approximate surface area is 146 Å². The smallest absolute Gasteiger partial charge is 0.237 e. The molecule has 0 radical (unpaired) electrons. The van der Waals surface area contributed by atoms with Gasteiger partial charge < -0.3 is 14.6 Å². The number of aromatic nitrogens is 3. The van der Waals surface area contributed by atoms with E-state index in [1.807, 2.05) is 49.7 Å². The molecule has 1 aromatic heterocycles. The van der Waals surface area contributed by atoms with Crippen molar-refractivity contribution in [2.45, 2.75) is 43.0 Å². The van der Waals surface area contributed by atoms with Gasteiger partial charge in [0, 0.05) is 18.7 Å². The van der Waals surface area contributed by atoms with Gasteiger partial charge in [-0.15, -0.1) is 10.2 Å². The zero-order valence-electron chi connectivity index (χ0n) is 14.2. The van der Waals surface area contributed by atoms with Crippen LogP contribution in [0.5, 0.6) is 5.75 Å². The maximum absolute atomic E-state index is 12.4. The molecule has 1 aliphatic rings. The van der Waals surface area contributed by atoms with Gasteiger partial charge >= 0.3 is 0 Å². The summed E-state index contributed by atoms with van der Waals surface area (Å²) in [5.41, 5.74) is 0.757. The molecule has 1 N–H and O–H groups in total. The normalized spacial score (nSPS) is 15.1. The number of nitrogens with zero attached hydrogens (tertiary/aromatic N) is 3. The van der Waals surface area contributed by atoms with Crippen molar-refractivity contribution in [1.82, 2.24) is 14.8 Å². The fraction of sp³-hybridized carbons (Fsp3) is 0.471. The van der Waals surface area contributed by atoms with Gasteiger partial charge in [-0.1, -0.05) is 11.8 Å². The molecule has 24 heavy (non-hydrogen) atoms. The topological polar surface area (TPSA) is 69.0 Å². The van der Waals surface area contributed by atoms with Crippen molar-refractivity contribution in [2.75, 3.05) is 11.9 Å². The van der Waals surface area contributed by atoms with Crippen LogP contribution in [0.2, 0.25) is 0 Å². The molecular weight excluding hydrogens is 324 g/mol. The van der Waals surface area contributed by atoms with Gasteiger partial charge in [0.25, 0.3) is 0 Å².